The van der Waals surface area contributed by atoms with Crippen LogP contribution in [0.4, 0.5) is 0 Å². The van der Waals surface area contributed by atoms with Gasteiger partial charge in [0.2, 0.25) is 5.91 Å². The van der Waals surface area contributed by atoms with Crippen LogP contribution in [0.5, 0.6) is 0 Å². The summed E-state index contributed by atoms with van der Waals surface area (Å²) in [4.78, 5) is 18.0. The predicted octanol–water partition coefficient (Wildman–Crippen LogP) is 2.18. The Balaban J connectivity index is 0.00000392. The van der Waals surface area contributed by atoms with E-state index in [-0.39, 0.29) is 48.1 Å². The molecule has 0 saturated carbocycles. The molecule has 1 fully saturated rings. The van der Waals surface area contributed by atoms with Crippen molar-refractivity contribution in [3.63, 3.8) is 0 Å². The molecule has 1 atom stereocenters. The topological polar surface area (TPSA) is 75.2 Å². The van der Waals surface area contributed by atoms with Crippen molar-refractivity contribution in [3.05, 3.63) is 35.9 Å². The van der Waals surface area contributed by atoms with Gasteiger partial charge in [0.05, 0.1) is 11.6 Å². The monoisotopic (exact) mass is 504 g/mol. The van der Waals surface area contributed by atoms with Gasteiger partial charge in [-0.05, 0) is 12.5 Å². The number of methoxy groups -OCH3 is 1. The summed E-state index contributed by atoms with van der Waals surface area (Å²) in [7, 11) is 5.19. The van der Waals surface area contributed by atoms with Crippen molar-refractivity contribution in [2.45, 2.75) is 31.4 Å². The molecule has 0 spiro atoms. The van der Waals surface area contributed by atoms with E-state index in [1.54, 1.807) is 21.2 Å². The quantitative estimate of drug-likeness (QED) is 0.339. The number of nitrogens with one attached hydrogen (secondary N) is 2. The lowest BCUT2D eigenvalue weighted by Gasteiger charge is -2.36. The van der Waals surface area contributed by atoms with Crippen molar-refractivity contribution in [3.8, 4) is 0 Å². The second kappa shape index (κ2) is 12.2. The van der Waals surface area contributed by atoms with Crippen molar-refractivity contribution in [2.75, 3.05) is 47.5 Å². The van der Waals surface area contributed by atoms with Crippen LogP contribution in [0.25, 0.3) is 0 Å². The van der Waals surface area contributed by atoms with Gasteiger partial charge in [-0.3, -0.25) is 4.79 Å². The first kappa shape index (κ1) is 24.6. The van der Waals surface area contributed by atoms with Crippen molar-refractivity contribution >= 4 is 35.8 Å². The van der Waals surface area contributed by atoms with Gasteiger partial charge in [0.25, 0.3) is 0 Å². The van der Waals surface area contributed by atoms with Crippen LogP contribution in [0.15, 0.2) is 35.3 Å². The maximum atomic E-state index is 12.0. The molecule has 1 aromatic rings. The SMILES string of the molecule is COC1(CNC(=NCC(=O)N(C)C)NC(C)c2ccccc2)CCOCC1.I. The molecule has 28 heavy (non-hydrogen) atoms. The molecule has 1 heterocycles. The smallest absolute Gasteiger partial charge is 0.243 e. The van der Waals surface area contributed by atoms with Crippen LogP contribution in [-0.2, 0) is 14.3 Å². The number of nitrogens with zero attached hydrogens (tertiary/aromatic N) is 2. The average Bonchev–Trinajstić information content (AvgIpc) is 2.70. The van der Waals surface area contributed by atoms with E-state index >= 15 is 0 Å². The number of hydrogen-bond donors (Lipinski definition) is 2. The van der Waals surface area contributed by atoms with Gasteiger partial charge in [-0.2, -0.15) is 0 Å². The summed E-state index contributed by atoms with van der Waals surface area (Å²) in [6.07, 6.45) is 1.66. The van der Waals surface area contributed by atoms with Gasteiger partial charge in [-0.25, -0.2) is 4.99 Å². The van der Waals surface area contributed by atoms with Gasteiger partial charge < -0.3 is 25.0 Å². The van der Waals surface area contributed by atoms with Crippen molar-refractivity contribution in [2.24, 2.45) is 4.99 Å². The number of ether oxygens (including phenoxy) is 2. The molecule has 0 aliphatic carbocycles. The standard InChI is InChI=1S/C20H32N4O3.HI/c1-16(17-8-6-5-7-9-17)23-19(21-14-18(25)24(2)3)22-15-20(26-4)10-12-27-13-11-20;/h5-9,16H,10-15H2,1-4H3,(H2,21,22,23);1H. The molecule has 0 radical (unpaired) electrons. The molecule has 1 aromatic carbocycles. The molecule has 1 unspecified atom stereocenters. The first-order valence-corrected chi connectivity index (χ1v) is 9.38. The van der Waals surface area contributed by atoms with Gasteiger partial charge in [-0.1, -0.05) is 30.3 Å². The number of hydrogen-bond acceptors (Lipinski definition) is 4. The Kier molecular flexibility index (Phi) is 10.8. The fraction of sp³-hybridized carbons (Fsp3) is 0.600. The number of rotatable bonds is 7. The predicted molar refractivity (Wildman–Crippen MR) is 122 cm³/mol. The molecule has 1 amide bonds. The lowest BCUT2D eigenvalue weighted by atomic mass is 9.94. The fourth-order valence-electron chi connectivity index (χ4n) is 2.91. The van der Waals surface area contributed by atoms with Crippen LogP contribution >= 0.6 is 24.0 Å². The minimum Gasteiger partial charge on any atom is -0.381 e. The summed E-state index contributed by atoms with van der Waals surface area (Å²) in [5.41, 5.74) is 0.876. The average molecular weight is 504 g/mol. The zero-order valence-corrected chi connectivity index (χ0v) is 19.6. The highest BCUT2D eigenvalue weighted by Gasteiger charge is 2.32. The number of aliphatic imine (C=N–C) groups is 1. The number of likely N-dealkylation sites (N-methyl/N-ethyl adjacent to an activating group) is 1. The van der Waals surface area contributed by atoms with Crippen molar-refractivity contribution < 1.29 is 14.3 Å². The van der Waals surface area contributed by atoms with E-state index in [2.05, 4.69) is 34.7 Å². The molecule has 0 bridgehead atoms. The number of halogens is 1. The second-order valence-electron chi connectivity index (χ2n) is 7.08. The Morgan fingerprint density at radius 2 is 1.93 bits per heavy atom. The molecule has 1 saturated heterocycles. The van der Waals surface area contributed by atoms with Crippen LogP contribution in [0.1, 0.15) is 31.4 Å². The number of amides is 1. The molecule has 2 N–H and O–H groups in total. The third kappa shape index (κ3) is 7.56. The summed E-state index contributed by atoms with van der Waals surface area (Å²) in [6, 6.07) is 10.2. The highest BCUT2D eigenvalue weighted by atomic mass is 127. The highest BCUT2D eigenvalue weighted by molar-refractivity contribution is 14.0. The van der Waals surface area contributed by atoms with E-state index in [9.17, 15) is 4.79 Å². The van der Waals surface area contributed by atoms with Gasteiger partial charge >= 0.3 is 0 Å². The molecule has 7 nitrogen and oxygen atoms in total. The van der Waals surface area contributed by atoms with Gasteiger partial charge in [-0.15, -0.1) is 24.0 Å². The summed E-state index contributed by atoms with van der Waals surface area (Å²) in [6.45, 7) is 4.15. The molecule has 8 heteroatoms. The van der Waals surface area contributed by atoms with E-state index in [0.29, 0.717) is 25.7 Å². The minimum atomic E-state index is -0.276. The van der Waals surface area contributed by atoms with E-state index in [4.69, 9.17) is 9.47 Å². The van der Waals surface area contributed by atoms with Crippen LogP contribution in [0, 0.1) is 0 Å². The molecule has 2 rings (SSSR count). The van der Waals surface area contributed by atoms with Gasteiger partial charge in [0.15, 0.2) is 5.96 Å². The van der Waals surface area contributed by atoms with E-state index in [0.717, 1.165) is 18.4 Å². The fourth-order valence-corrected chi connectivity index (χ4v) is 2.91. The van der Waals surface area contributed by atoms with Crippen LogP contribution in [-0.4, -0.2) is 69.9 Å². The van der Waals surface area contributed by atoms with E-state index in [1.165, 1.54) is 4.90 Å². The first-order valence-electron chi connectivity index (χ1n) is 9.38. The number of benzene rings is 1. The Hall–Kier alpha value is -1.39. The summed E-state index contributed by atoms with van der Waals surface area (Å²) < 4.78 is 11.2. The van der Waals surface area contributed by atoms with Gasteiger partial charge in [0, 0.05) is 53.8 Å². The second-order valence-corrected chi connectivity index (χ2v) is 7.08. The number of carbonyl (C=O) groups excluding carboxylic acids is 1. The zero-order chi connectivity index (χ0) is 19.7. The Morgan fingerprint density at radius 1 is 1.29 bits per heavy atom. The largest absolute Gasteiger partial charge is 0.381 e. The summed E-state index contributed by atoms with van der Waals surface area (Å²) in [5.74, 6) is 0.556. The summed E-state index contributed by atoms with van der Waals surface area (Å²) in [5, 5.41) is 6.75. The minimum absolute atomic E-state index is 0. The molecule has 1 aliphatic rings. The third-order valence-corrected chi connectivity index (χ3v) is 4.94. The van der Waals surface area contributed by atoms with Crippen LogP contribution in [0.3, 0.4) is 0 Å². The molecular weight excluding hydrogens is 471 g/mol. The Morgan fingerprint density at radius 3 is 2.50 bits per heavy atom. The Labute approximate surface area is 185 Å². The van der Waals surface area contributed by atoms with E-state index in [1.807, 2.05) is 18.2 Å². The van der Waals surface area contributed by atoms with Crippen molar-refractivity contribution in [1.82, 2.24) is 15.5 Å². The van der Waals surface area contributed by atoms with E-state index < -0.39 is 0 Å². The van der Waals surface area contributed by atoms with Crippen LogP contribution < -0.4 is 10.6 Å². The number of guanidine groups is 1. The highest BCUT2D eigenvalue weighted by Crippen LogP contribution is 2.23. The maximum absolute atomic E-state index is 12.0. The normalized spacial score (nSPS) is 17.2. The molecule has 158 valence electrons. The zero-order valence-electron chi connectivity index (χ0n) is 17.2. The summed E-state index contributed by atoms with van der Waals surface area (Å²) >= 11 is 0. The molecular formula is C20H33IN4O3. The maximum Gasteiger partial charge on any atom is 0.243 e. The van der Waals surface area contributed by atoms with Crippen LogP contribution in [0.2, 0.25) is 0 Å². The Bertz CT molecular complexity index is 619. The third-order valence-electron chi connectivity index (χ3n) is 4.94. The number of carbonyl (C=O) groups is 1. The van der Waals surface area contributed by atoms with Crippen molar-refractivity contribution in [1.29, 1.82) is 0 Å². The lowest BCUT2D eigenvalue weighted by Crippen LogP contribution is -2.51. The van der Waals surface area contributed by atoms with Gasteiger partial charge in [0.1, 0.15) is 6.54 Å². The lowest BCUT2D eigenvalue weighted by molar-refractivity contribution is -0.127. The molecule has 0 aromatic heterocycles. The molecule has 1 aliphatic heterocycles. The first-order chi connectivity index (χ1) is 13.0.